The average Bonchev–Trinajstić information content (AvgIpc) is 2.46. The molecule has 3 heteroatoms. The lowest BCUT2D eigenvalue weighted by molar-refractivity contribution is -0.123. The molecule has 1 N–H and O–H groups in total. The first-order valence-electron chi connectivity index (χ1n) is 7.71. The van der Waals surface area contributed by atoms with Crippen molar-refractivity contribution in [2.45, 2.75) is 38.0 Å². The zero-order valence-electron chi connectivity index (χ0n) is 11.8. The molecule has 0 radical (unpaired) electrons. The highest BCUT2D eigenvalue weighted by atomic mass is 35.5. The van der Waals surface area contributed by atoms with Crippen LogP contribution in [-0.4, -0.2) is 18.3 Å². The minimum Gasteiger partial charge on any atom is -0.355 e. The summed E-state index contributed by atoms with van der Waals surface area (Å²) in [5, 5.41) is 3.16. The predicted octanol–water partition coefficient (Wildman–Crippen LogP) is 3.49. The van der Waals surface area contributed by atoms with E-state index in [1.165, 1.54) is 36.8 Å². The molecule has 0 aromatic heterocycles. The summed E-state index contributed by atoms with van der Waals surface area (Å²) in [4.78, 5) is 12.3. The van der Waals surface area contributed by atoms with Crippen molar-refractivity contribution in [3.63, 3.8) is 0 Å². The number of fused-ring (bicyclic) bond motifs is 1. The maximum absolute atomic E-state index is 12.3. The Morgan fingerprint density at radius 3 is 2.70 bits per heavy atom. The van der Waals surface area contributed by atoms with Gasteiger partial charge in [0.1, 0.15) is 0 Å². The molecule has 0 spiro atoms. The zero-order chi connectivity index (χ0) is 13.9. The van der Waals surface area contributed by atoms with E-state index in [0.29, 0.717) is 11.8 Å². The molecule has 0 heterocycles. The Balaban J connectivity index is 1.53. The Labute approximate surface area is 125 Å². The van der Waals surface area contributed by atoms with Crippen molar-refractivity contribution in [3.8, 4) is 0 Å². The standard InChI is InChI=1S/C17H22ClNO/c18-10-13-6-1-2-7-14(13)11-19-17(20)16-9-12-5-3-4-8-15(12)16/h3-5,8,13-14,16H,1-2,6-7,9-11H2,(H,19,20). The Morgan fingerprint density at radius 2 is 1.95 bits per heavy atom. The van der Waals surface area contributed by atoms with E-state index in [-0.39, 0.29) is 11.8 Å². The van der Waals surface area contributed by atoms with E-state index >= 15 is 0 Å². The topological polar surface area (TPSA) is 29.1 Å². The van der Waals surface area contributed by atoms with Crippen molar-refractivity contribution < 1.29 is 4.79 Å². The van der Waals surface area contributed by atoms with Crippen LogP contribution in [0.2, 0.25) is 0 Å². The number of benzene rings is 1. The molecule has 0 saturated heterocycles. The number of carbonyl (C=O) groups excluding carboxylic acids is 1. The highest BCUT2D eigenvalue weighted by Gasteiger charge is 2.32. The first kappa shape index (κ1) is 13.9. The lowest BCUT2D eigenvalue weighted by Crippen LogP contribution is -2.40. The number of rotatable bonds is 4. The SMILES string of the molecule is O=C(NCC1CCCCC1CCl)C1Cc2ccccc21. The summed E-state index contributed by atoms with van der Waals surface area (Å²) >= 11 is 6.05. The molecule has 1 amide bonds. The number of halogens is 1. The molecule has 3 unspecified atom stereocenters. The molecule has 3 rings (SSSR count). The van der Waals surface area contributed by atoms with Gasteiger partial charge in [-0.2, -0.15) is 0 Å². The van der Waals surface area contributed by atoms with Crippen molar-refractivity contribution in [2.24, 2.45) is 11.8 Å². The van der Waals surface area contributed by atoms with Crippen molar-refractivity contribution in [3.05, 3.63) is 35.4 Å². The average molecular weight is 292 g/mol. The van der Waals surface area contributed by atoms with Crippen LogP contribution in [0.25, 0.3) is 0 Å². The number of alkyl halides is 1. The minimum atomic E-state index is 0.0734. The fourth-order valence-electron chi connectivity index (χ4n) is 3.60. The summed E-state index contributed by atoms with van der Waals surface area (Å²) in [6.45, 7) is 0.800. The van der Waals surface area contributed by atoms with Crippen LogP contribution in [-0.2, 0) is 11.2 Å². The van der Waals surface area contributed by atoms with E-state index in [1.54, 1.807) is 0 Å². The number of hydrogen-bond donors (Lipinski definition) is 1. The van der Waals surface area contributed by atoms with Gasteiger partial charge in [0.2, 0.25) is 5.91 Å². The summed E-state index contributed by atoms with van der Waals surface area (Å²) < 4.78 is 0. The summed E-state index contributed by atoms with van der Waals surface area (Å²) in [6.07, 6.45) is 5.89. The van der Waals surface area contributed by atoms with E-state index in [1.807, 2.05) is 12.1 Å². The third kappa shape index (κ3) is 2.71. The normalized spacial score (nSPS) is 28.4. The Morgan fingerprint density at radius 1 is 1.20 bits per heavy atom. The first-order chi connectivity index (χ1) is 9.79. The van der Waals surface area contributed by atoms with Gasteiger partial charge in [-0.1, -0.05) is 37.1 Å². The molecule has 2 nitrogen and oxygen atoms in total. The second kappa shape index (κ2) is 6.17. The Kier molecular flexibility index (Phi) is 4.30. The Hall–Kier alpha value is -1.02. The fourth-order valence-corrected chi connectivity index (χ4v) is 4.01. The highest BCUT2D eigenvalue weighted by Crippen LogP contribution is 2.35. The van der Waals surface area contributed by atoms with Crippen molar-refractivity contribution in [1.82, 2.24) is 5.32 Å². The third-order valence-electron chi connectivity index (χ3n) is 4.97. The summed E-state index contributed by atoms with van der Waals surface area (Å²) in [5.41, 5.74) is 2.53. The van der Waals surface area contributed by atoms with Crippen LogP contribution in [0.1, 0.15) is 42.7 Å². The van der Waals surface area contributed by atoms with Gasteiger partial charge in [-0.25, -0.2) is 0 Å². The lowest BCUT2D eigenvalue weighted by atomic mass is 9.76. The van der Waals surface area contributed by atoms with Gasteiger partial charge < -0.3 is 5.32 Å². The molecule has 2 aliphatic rings. The second-order valence-corrected chi connectivity index (χ2v) is 6.47. The van der Waals surface area contributed by atoms with Gasteiger partial charge in [0.05, 0.1) is 5.92 Å². The first-order valence-corrected chi connectivity index (χ1v) is 8.24. The van der Waals surface area contributed by atoms with Crippen molar-refractivity contribution >= 4 is 17.5 Å². The van der Waals surface area contributed by atoms with Crippen molar-refractivity contribution in [2.75, 3.05) is 12.4 Å². The van der Waals surface area contributed by atoms with E-state index in [4.69, 9.17) is 11.6 Å². The summed E-state index contributed by atoms with van der Waals surface area (Å²) in [5.74, 6) is 2.15. The molecule has 0 aliphatic heterocycles. The maximum Gasteiger partial charge on any atom is 0.227 e. The largest absolute Gasteiger partial charge is 0.355 e. The number of nitrogens with one attached hydrogen (secondary N) is 1. The van der Waals surface area contributed by atoms with Crippen LogP contribution < -0.4 is 5.32 Å². The molecule has 1 aromatic carbocycles. The van der Waals surface area contributed by atoms with Crippen LogP contribution in [0.4, 0.5) is 0 Å². The molecule has 3 atom stereocenters. The van der Waals surface area contributed by atoms with E-state index in [0.717, 1.165) is 18.8 Å². The quantitative estimate of drug-likeness (QED) is 0.846. The molecule has 0 bridgehead atoms. The van der Waals surface area contributed by atoms with Crippen LogP contribution >= 0.6 is 11.6 Å². The van der Waals surface area contributed by atoms with Gasteiger partial charge in [0, 0.05) is 12.4 Å². The highest BCUT2D eigenvalue weighted by molar-refractivity contribution is 6.18. The third-order valence-corrected chi connectivity index (χ3v) is 5.37. The van der Waals surface area contributed by atoms with Gasteiger partial charge in [0.15, 0.2) is 0 Å². The van der Waals surface area contributed by atoms with E-state index in [9.17, 15) is 4.79 Å². The van der Waals surface area contributed by atoms with Crippen molar-refractivity contribution in [1.29, 1.82) is 0 Å². The monoisotopic (exact) mass is 291 g/mol. The summed E-state index contributed by atoms with van der Waals surface area (Å²) in [6, 6.07) is 8.25. The molecule has 1 fully saturated rings. The molecule has 2 aliphatic carbocycles. The molecular weight excluding hydrogens is 270 g/mol. The summed E-state index contributed by atoms with van der Waals surface area (Å²) in [7, 11) is 0. The van der Waals surface area contributed by atoms with Crippen LogP contribution in [0, 0.1) is 11.8 Å². The maximum atomic E-state index is 12.3. The van der Waals surface area contributed by atoms with Gasteiger partial charge in [0.25, 0.3) is 0 Å². The van der Waals surface area contributed by atoms with Gasteiger partial charge in [-0.15, -0.1) is 11.6 Å². The van der Waals surface area contributed by atoms with E-state index in [2.05, 4.69) is 17.4 Å². The second-order valence-electron chi connectivity index (χ2n) is 6.16. The van der Waals surface area contributed by atoms with Crippen LogP contribution in [0.5, 0.6) is 0 Å². The smallest absolute Gasteiger partial charge is 0.227 e. The lowest BCUT2D eigenvalue weighted by Gasteiger charge is -2.32. The van der Waals surface area contributed by atoms with Gasteiger partial charge in [-0.05, 0) is 42.2 Å². The number of hydrogen-bond acceptors (Lipinski definition) is 1. The molecule has 20 heavy (non-hydrogen) atoms. The van der Waals surface area contributed by atoms with Crippen LogP contribution in [0.3, 0.4) is 0 Å². The fraction of sp³-hybridized carbons (Fsp3) is 0.588. The molecule has 1 saturated carbocycles. The zero-order valence-corrected chi connectivity index (χ0v) is 12.5. The predicted molar refractivity (Wildman–Crippen MR) is 82.1 cm³/mol. The minimum absolute atomic E-state index is 0.0734. The molecular formula is C17H22ClNO. The van der Waals surface area contributed by atoms with Gasteiger partial charge >= 0.3 is 0 Å². The number of carbonyl (C=O) groups is 1. The van der Waals surface area contributed by atoms with E-state index < -0.39 is 0 Å². The Bertz CT molecular complexity index is 488. The number of amides is 1. The molecule has 108 valence electrons. The molecule has 1 aromatic rings. The van der Waals surface area contributed by atoms with Crippen LogP contribution in [0.15, 0.2) is 24.3 Å². The van der Waals surface area contributed by atoms with Gasteiger partial charge in [-0.3, -0.25) is 4.79 Å².